The Morgan fingerprint density at radius 2 is 1.57 bits per heavy atom. The molecule has 239 valence electrons. The maximum atomic E-state index is 7.35. The molecule has 47 heavy (non-hydrogen) atoms. The first-order valence-corrected chi connectivity index (χ1v) is 23.0. The molecule has 0 aliphatic heterocycles. The summed E-state index contributed by atoms with van der Waals surface area (Å²) in [7, 11) is 0. The van der Waals surface area contributed by atoms with Gasteiger partial charge in [-0.1, -0.05) is 73.3 Å². The molecule has 7 aromatic rings. The molecule has 0 saturated heterocycles. The van der Waals surface area contributed by atoms with Crippen LogP contribution in [-0.4, -0.2) is 23.2 Å². The molecular formula is C42H40GeIrN2O-2. The van der Waals surface area contributed by atoms with E-state index in [1.165, 1.54) is 27.2 Å². The van der Waals surface area contributed by atoms with Crippen molar-refractivity contribution >= 4 is 39.6 Å². The van der Waals surface area contributed by atoms with Gasteiger partial charge in [-0.25, -0.2) is 0 Å². The Labute approximate surface area is 299 Å². The van der Waals surface area contributed by atoms with Gasteiger partial charge in [-0.05, 0) is 46.9 Å². The van der Waals surface area contributed by atoms with E-state index in [4.69, 9.17) is 8.53 Å². The van der Waals surface area contributed by atoms with E-state index in [0.29, 0.717) is 11.5 Å². The molecule has 4 aromatic carbocycles. The van der Waals surface area contributed by atoms with Gasteiger partial charge in [-0.3, -0.25) is 0 Å². The number of rotatable bonds is 5. The minimum absolute atomic E-state index is 0. The van der Waals surface area contributed by atoms with Crippen molar-refractivity contribution in [3.05, 3.63) is 138 Å². The minimum atomic E-state index is -2.08. The molecule has 0 spiro atoms. The monoisotopic (exact) mass is 858 g/mol. The van der Waals surface area contributed by atoms with Gasteiger partial charge in [0.1, 0.15) is 5.58 Å². The summed E-state index contributed by atoms with van der Waals surface area (Å²) in [5, 5.41) is 2.22. The van der Waals surface area contributed by atoms with Gasteiger partial charge in [0.15, 0.2) is 0 Å². The summed E-state index contributed by atoms with van der Waals surface area (Å²) in [6, 6.07) is 38.4. The van der Waals surface area contributed by atoms with Crippen LogP contribution in [0.1, 0.15) is 40.6 Å². The van der Waals surface area contributed by atoms with Crippen LogP contribution in [0.3, 0.4) is 0 Å². The Hall–Kier alpha value is -3.83. The number of nitrogens with zero attached hydrogens (tertiary/aromatic N) is 2. The smallest absolute Gasteiger partial charge is 0 e. The van der Waals surface area contributed by atoms with Gasteiger partial charge in [-0.15, -0.1) is 18.2 Å². The van der Waals surface area contributed by atoms with Crippen LogP contribution in [0.4, 0.5) is 0 Å². The molecule has 0 unspecified atom stereocenters. The van der Waals surface area contributed by atoms with Crippen molar-refractivity contribution in [1.82, 2.24) is 9.97 Å². The first-order chi connectivity index (χ1) is 23.3. The number of pyridine rings is 2. The quantitative estimate of drug-likeness (QED) is 0.128. The van der Waals surface area contributed by atoms with Crippen molar-refractivity contribution in [2.75, 3.05) is 0 Å². The Morgan fingerprint density at radius 1 is 0.787 bits per heavy atom. The average Bonchev–Trinajstić information content (AvgIpc) is 3.47. The summed E-state index contributed by atoms with van der Waals surface area (Å²) < 4.78 is 29.8. The van der Waals surface area contributed by atoms with Crippen LogP contribution in [0.2, 0.25) is 17.3 Å². The fraction of sp³-hybridized carbons (Fsp3) is 0.190. The molecule has 5 heteroatoms. The molecule has 0 aliphatic rings. The number of hydrogen-bond donors (Lipinski definition) is 0. The number of aromatic nitrogens is 2. The van der Waals surface area contributed by atoms with Crippen LogP contribution < -0.4 is 4.40 Å². The normalized spacial score (nSPS) is 12.5. The molecule has 7 rings (SSSR count). The summed E-state index contributed by atoms with van der Waals surface area (Å²) in [4.78, 5) is 9.17. The maximum Gasteiger partial charge on any atom is 0 e. The van der Waals surface area contributed by atoms with E-state index in [-0.39, 0.29) is 20.1 Å². The summed E-state index contributed by atoms with van der Waals surface area (Å²) in [6.45, 7) is 4.46. The predicted molar refractivity (Wildman–Crippen MR) is 196 cm³/mol. The van der Waals surface area contributed by atoms with Crippen molar-refractivity contribution < 1.29 is 28.6 Å². The first-order valence-electron chi connectivity index (χ1n) is 17.2. The number of benzene rings is 4. The van der Waals surface area contributed by atoms with E-state index in [2.05, 4.69) is 121 Å². The van der Waals surface area contributed by atoms with E-state index in [1.807, 2.05) is 30.6 Å². The van der Waals surface area contributed by atoms with Gasteiger partial charge in [0.05, 0.1) is 5.58 Å². The Morgan fingerprint density at radius 3 is 2.23 bits per heavy atom. The van der Waals surface area contributed by atoms with Gasteiger partial charge in [0.25, 0.3) is 0 Å². The van der Waals surface area contributed by atoms with Gasteiger partial charge in [-0.2, -0.15) is 0 Å². The van der Waals surface area contributed by atoms with Crippen LogP contribution in [0.25, 0.3) is 55.6 Å². The standard InChI is InChI=1S/C27H22NO.C15H18GeN.Ir/c1-17(2)24-15-25(28-16-18(24)3)23-11-7-10-22-21-13-12-20(14-26(21)29-27(22)23)19-8-5-4-6-9-19;1-12-5-7-13(8-6-12)15-10-9-14(11-17-15)16(2,3)4;/h4-10,12-17H,1-3H3;5-7,9-11H,1-4H3;/q2*-1;/i;1D3;. The molecule has 3 heterocycles. The Kier molecular flexibility index (Phi) is 9.42. The largest absolute Gasteiger partial charge is 0 e. The van der Waals surface area contributed by atoms with Crippen LogP contribution in [0, 0.1) is 25.9 Å². The van der Waals surface area contributed by atoms with Crippen molar-refractivity contribution in [2.45, 2.75) is 50.8 Å². The Balaban J connectivity index is 0.000000204. The van der Waals surface area contributed by atoms with Crippen molar-refractivity contribution in [1.29, 1.82) is 0 Å². The third-order valence-corrected chi connectivity index (χ3v) is 12.5. The molecule has 0 fully saturated rings. The zero-order valence-corrected chi connectivity index (χ0v) is 32.1. The molecule has 3 aromatic heterocycles. The fourth-order valence-corrected chi connectivity index (χ4v) is 7.79. The zero-order chi connectivity index (χ0) is 34.9. The molecule has 0 atom stereocenters. The molecule has 0 bridgehead atoms. The fourth-order valence-electron chi connectivity index (χ4n) is 5.62. The van der Waals surface area contributed by atoms with Crippen LogP contribution in [0.15, 0.2) is 114 Å². The summed E-state index contributed by atoms with van der Waals surface area (Å²) >= 11 is -1.83. The number of fused-ring (bicyclic) bond motifs is 3. The second-order valence-corrected chi connectivity index (χ2v) is 23.7. The first kappa shape index (κ1) is 30.5. The molecule has 0 amide bonds. The van der Waals surface area contributed by atoms with Crippen LogP contribution in [-0.2, 0) is 20.1 Å². The van der Waals surface area contributed by atoms with E-state index in [0.717, 1.165) is 50.0 Å². The van der Waals surface area contributed by atoms with E-state index < -0.39 is 20.1 Å². The summed E-state index contributed by atoms with van der Waals surface area (Å²) in [5.41, 5.74) is 10.4. The van der Waals surface area contributed by atoms with Gasteiger partial charge >= 0.3 is 110 Å². The third kappa shape index (κ3) is 7.67. The van der Waals surface area contributed by atoms with Gasteiger partial charge in [0, 0.05) is 31.7 Å². The second kappa shape index (κ2) is 14.5. The SMILES string of the molecule is Cc1cnc(-c2[c-]ccc3c2oc2cc(-c4ccccc4)ccc23)cc1C(C)C.[2H]C([2H])([2H])c1c[c-]c(-c2cc[c]([Ge]([CH3])([CH3])[CH3])cn2)cc1.[Ir]. The van der Waals surface area contributed by atoms with E-state index >= 15 is 0 Å². The third-order valence-electron chi connectivity index (χ3n) is 8.28. The second-order valence-electron chi connectivity index (χ2n) is 13.0. The maximum absolute atomic E-state index is 7.35. The van der Waals surface area contributed by atoms with Crippen molar-refractivity contribution in [3.8, 4) is 33.6 Å². The molecule has 0 N–H and O–H groups in total. The van der Waals surface area contributed by atoms with Crippen molar-refractivity contribution in [3.63, 3.8) is 0 Å². The predicted octanol–water partition coefficient (Wildman–Crippen LogP) is 10.9. The van der Waals surface area contributed by atoms with Crippen LogP contribution in [0.5, 0.6) is 0 Å². The van der Waals surface area contributed by atoms with Gasteiger partial charge in [0.2, 0.25) is 0 Å². The minimum Gasteiger partial charge on any atom is 0 e. The number of hydrogen-bond acceptors (Lipinski definition) is 3. The average molecular weight is 857 g/mol. The van der Waals surface area contributed by atoms with E-state index in [1.54, 1.807) is 12.1 Å². The van der Waals surface area contributed by atoms with Crippen molar-refractivity contribution in [2.24, 2.45) is 0 Å². The molecule has 0 saturated carbocycles. The van der Waals surface area contributed by atoms with E-state index in [9.17, 15) is 0 Å². The van der Waals surface area contributed by atoms with Crippen LogP contribution >= 0.6 is 0 Å². The van der Waals surface area contributed by atoms with Gasteiger partial charge < -0.3 is 9.40 Å². The zero-order valence-electron chi connectivity index (χ0n) is 30.6. The number of furan rings is 1. The number of aryl methyl sites for hydroxylation is 2. The molecular weight excluding hydrogens is 813 g/mol. The Bertz CT molecular complexity index is 2170. The summed E-state index contributed by atoms with van der Waals surface area (Å²) in [5.74, 6) is 7.43. The topological polar surface area (TPSA) is 38.9 Å². The molecule has 3 nitrogen and oxygen atoms in total. The molecule has 1 radical (unpaired) electrons. The molecule has 0 aliphatic carbocycles. The summed E-state index contributed by atoms with van der Waals surface area (Å²) in [6.07, 6.45) is 3.90.